The molecule has 10 nitrogen and oxygen atoms in total. The van der Waals surface area contributed by atoms with Crippen LogP contribution in [0.2, 0.25) is 0 Å². The van der Waals surface area contributed by atoms with Crippen molar-refractivity contribution in [3.63, 3.8) is 0 Å². The molecule has 4 heterocycles. The van der Waals surface area contributed by atoms with E-state index in [-0.39, 0.29) is 27.9 Å². The number of anilines is 1. The average molecular weight is 567 g/mol. The maximum Gasteiger partial charge on any atom is 0.445 e. The Labute approximate surface area is 220 Å². The summed E-state index contributed by atoms with van der Waals surface area (Å²) < 4.78 is 71.2. The van der Waals surface area contributed by atoms with Gasteiger partial charge in [-0.2, -0.15) is 23.2 Å². The van der Waals surface area contributed by atoms with E-state index in [1.807, 2.05) is 24.8 Å². The van der Waals surface area contributed by atoms with Gasteiger partial charge in [0.1, 0.15) is 16.1 Å². The molecule has 38 heavy (non-hydrogen) atoms. The maximum atomic E-state index is 13.5. The third-order valence-corrected chi connectivity index (χ3v) is 9.52. The highest BCUT2D eigenvalue weighted by molar-refractivity contribution is 7.89. The number of imidazole rings is 1. The van der Waals surface area contributed by atoms with Gasteiger partial charge in [-0.1, -0.05) is 11.3 Å². The van der Waals surface area contributed by atoms with Crippen LogP contribution in [0.3, 0.4) is 0 Å². The van der Waals surface area contributed by atoms with Crippen LogP contribution in [0.25, 0.3) is 16.3 Å². The van der Waals surface area contributed by atoms with Crippen LogP contribution in [0, 0.1) is 11.3 Å². The Balaban J connectivity index is 1.58. The Morgan fingerprint density at radius 2 is 1.89 bits per heavy atom. The molecular formula is C23H25F3N8O2S2. The lowest BCUT2D eigenvalue weighted by Gasteiger charge is -2.37. The Morgan fingerprint density at radius 3 is 2.45 bits per heavy atom. The number of rotatable bonds is 6. The Kier molecular flexibility index (Phi) is 5.77. The van der Waals surface area contributed by atoms with Crippen LogP contribution in [0.5, 0.6) is 0 Å². The summed E-state index contributed by atoms with van der Waals surface area (Å²) in [4.78, 5) is 6.82. The van der Waals surface area contributed by atoms with E-state index in [0.29, 0.717) is 60.0 Å². The normalized spacial score (nSPS) is 23.5. The number of aromatic nitrogens is 4. The van der Waals surface area contributed by atoms with Crippen molar-refractivity contribution in [2.24, 2.45) is 0 Å². The first-order valence-corrected chi connectivity index (χ1v) is 14.6. The molecule has 2 atom stereocenters. The smallest absolute Gasteiger partial charge is 0.365 e. The number of sulfonamides is 1. The number of fused-ring (bicyclic) bond motifs is 1. The monoisotopic (exact) mass is 566 g/mol. The van der Waals surface area contributed by atoms with Crippen molar-refractivity contribution >= 4 is 32.7 Å². The number of nitrogens with zero attached hydrogens (tertiary/aromatic N) is 6. The molecule has 0 radical (unpaired) electrons. The van der Waals surface area contributed by atoms with Crippen LogP contribution in [-0.4, -0.2) is 58.7 Å². The molecule has 2 N–H and O–H groups in total. The van der Waals surface area contributed by atoms with Crippen LogP contribution < -0.4 is 14.9 Å². The molecule has 1 saturated heterocycles. The second-order valence-electron chi connectivity index (χ2n) is 10.5. The third kappa shape index (κ3) is 4.53. The number of halogens is 3. The van der Waals surface area contributed by atoms with Crippen LogP contribution >= 0.6 is 11.3 Å². The largest absolute Gasteiger partial charge is 0.445 e. The third-order valence-electron chi connectivity index (χ3n) is 7.04. The van der Waals surface area contributed by atoms with Gasteiger partial charge in [0.05, 0.1) is 17.5 Å². The second kappa shape index (κ2) is 8.60. The summed E-state index contributed by atoms with van der Waals surface area (Å²) in [5, 5.41) is 19.1. The molecule has 202 valence electrons. The molecule has 2 saturated carbocycles. The molecule has 3 aromatic rings. The van der Waals surface area contributed by atoms with E-state index in [4.69, 9.17) is 4.98 Å². The number of nitrogens with one attached hydrogen (secondary N) is 2. The van der Waals surface area contributed by atoms with Crippen LogP contribution in [0.15, 0.2) is 17.2 Å². The summed E-state index contributed by atoms with van der Waals surface area (Å²) in [6.45, 7) is 5.21. The van der Waals surface area contributed by atoms with Gasteiger partial charge < -0.3 is 10.2 Å². The number of piperazine rings is 1. The minimum absolute atomic E-state index is 0.0258. The molecule has 0 spiro atoms. The number of hydrogen-bond acceptors (Lipinski definition) is 9. The molecule has 0 aromatic carbocycles. The summed E-state index contributed by atoms with van der Waals surface area (Å²) in [5.74, 6) is 0.0448. The lowest BCUT2D eigenvalue weighted by Crippen LogP contribution is -2.54. The fourth-order valence-electron chi connectivity index (χ4n) is 4.99. The van der Waals surface area contributed by atoms with Gasteiger partial charge in [-0.25, -0.2) is 13.4 Å². The standard InChI is InChI=1S/C23H25F3N8O2S2/c1-12-8-33(9-13(2)28-12)16-7-15(38(35,36)32-22(11-27)5-6-22)10-34-18(17(14-3-4-14)29-19(16)34)20-30-31-21(37-20)23(24,25)26/h7,10,12-14,28,32H,3-6,8-9H2,1-2H3/t12-,13-/m0/s1. The van der Waals surface area contributed by atoms with E-state index in [0.717, 1.165) is 12.8 Å². The van der Waals surface area contributed by atoms with Crippen molar-refractivity contribution in [3.8, 4) is 16.8 Å². The van der Waals surface area contributed by atoms with Gasteiger partial charge in [-0.3, -0.25) is 4.40 Å². The SMILES string of the molecule is C[C@H]1CN(c2cc(S(=O)(=O)NC3(C#N)CC3)cn3c(-c4nnc(C(F)(F)F)s4)c(C4CC4)nc23)C[C@H](C)N1. The topological polar surface area (TPSA) is 128 Å². The fourth-order valence-corrected chi connectivity index (χ4v) is 7.14. The highest BCUT2D eigenvalue weighted by Crippen LogP contribution is 2.47. The van der Waals surface area contributed by atoms with Crippen molar-refractivity contribution in [2.75, 3.05) is 18.0 Å². The lowest BCUT2D eigenvalue weighted by molar-refractivity contribution is -0.138. The number of hydrogen-bond donors (Lipinski definition) is 2. The summed E-state index contributed by atoms with van der Waals surface area (Å²) >= 11 is 0.411. The van der Waals surface area contributed by atoms with Crippen molar-refractivity contribution in [1.29, 1.82) is 5.26 Å². The first kappa shape index (κ1) is 25.5. The van der Waals surface area contributed by atoms with Gasteiger partial charge in [-0.15, -0.1) is 10.2 Å². The van der Waals surface area contributed by atoms with Gasteiger partial charge in [0.25, 0.3) is 0 Å². The lowest BCUT2D eigenvalue weighted by atomic mass is 10.1. The zero-order chi connectivity index (χ0) is 27.0. The van der Waals surface area contributed by atoms with E-state index < -0.39 is 26.7 Å². The van der Waals surface area contributed by atoms with Crippen molar-refractivity contribution in [1.82, 2.24) is 29.6 Å². The highest BCUT2D eigenvalue weighted by atomic mass is 32.2. The van der Waals surface area contributed by atoms with E-state index in [1.54, 1.807) is 10.5 Å². The average Bonchev–Trinajstić information content (AvgIpc) is 3.73. The Bertz CT molecular complexity index is 1560. The number of alkyl halides is 3. The van der Waals surface area contributed by atoms with Crippen LogP contribution in [-0.2, 0) is 16.2 Å². The molecule has 3 aliphatic rings. The molecular weight excluding hydrogens is 541 g/mol. The van der Waals surface area contributed by atoms with E-state index in [9.17, 15) is 26.9 Å². The van der Waals surface area contributed by atoms with E-state index in [1.165, 1.54) is 6.20 Å². The van der Waals surface area contributed by atoms with Crippen LogP contribution in [0.4, 0.5) is 18.9 Å². The summed E-state index contributed by atoms with van der Waals surface area (Å²) in [7, 11) is -4.14. The quantitative estimate of drug-likeness (QED) is 0.465. The highest BCUT2D eigenvalue weighted by Gasteiger charge is 2.47. The summed E-state index contributed by atoms with van der Waals surface area (Å²) in [6, 6.07) is 3.80. The minimum atomic E-state index is -4.65. The first-order chi connectivity index (χ1) is 17.9. The molecule has 2 aliphatic carbocycles. The fraction of sp³-hybridized carbons (Fsp3) is 0.565. The van der Waals surface area contributed by atoms with Gasteiger partial charge >= 0.3 is 6.18 Å². The predicted octanol–water partition coefficient (Wildman–Crippen LogP) is 3.27. The number of pyridine rings is 1. The van der Waals surface area contributed by atoms with Gasteiger partial charge in [0.15, 0.2) is 10.7 Å². The van der Waals surface area contributed by atoms with E-state index >= 15 is 0 Å². The van der Waals surface area contributed by atoms with E-state index in [2.05, 4.69) is 20.2 Å². The zero-order valence-corrected chi connectivity index (χ0v) is 22.2. The van der Waals surface area contributed by atoms with Gasteiger partial charge in [0.2, 0.25) is 15.0 Å². The molecule has 6 rings (SSSR count). The summed E-state index contributed by atoms with van der Waals surface area (Å²) in [6.07, 6.45) is -0.794. The predicted molar refractivity (Wildman–Crippen MR) is 133 cm³/mol. The molecule has 1 aliphatic heterocycles. The molecule has 3 aromatic heterocycles. The maximum absolute atomic E-state index is 13.5. The van der Waals surface area contributed by atoms with Gasteiger partial charge in [-0.05, 0) is 45.6 Å². The molecule has 0 amide bonds. The first-order valence-electron chi connectivity index (χ1n) is 12.3. The van der Waals surface area contributed by atoms with Crippen molar-refractivity contribution in [2.45, 2.75) is 74.1 Å². The Morgan fingerprint density at radius 1 is 1.21 bits per heavy atom. The minimum Gasteiger partial charge on any atom is -0.365 e. The van der Waals surface area contributed by atoms with Crippen molar-refractivity contribution < 1.29 is 21.6 Å². The molecule has 0 unspecified atom stereocenters. The zero-order valence-electron chi connectivity index (χ0n) is 20.6. The summed E-state index contributed by atoms with van der Waals surface area (Å²) in [5.41, 5.74) is 0.789. The number of nitriles is 1. The molecule has 0 bridgehead atoms. The molecule has 3 fully saturated rings. The van der Waals surface area contributed by atoms with Crippen molar-refractivity contribution in [3.05, 3.63) is 23.0 Å². The molecule has 15 heteroatoms. The van der Waals surface area contributed by atoms with Gasteiger partial charge in [0, 0.05) is 37.3 Å². The van der Waals surface area contributed by atoms with Crippen LogP contribution in [0.1, 0.15) is 56.2 Å². The Hall–Kier alpha value is -2.80. The second-order valence-corrected chi connectivity index (χ2v) is 13.1.